The average Bonchev–Trinajstić information content (AvgIpc) is 3.23. The second-order valence-corrected chi connectivity index (χ2v) is 6.13. The SMILES string of the molecule is CCNC(=NCc1ccnn1C)NCCN(C(C)C)C1CC1. The van der Waals surface area contributed by atoms with Crippen molar-refractivity contribution in [2.24, 2.45) is 12.0 Å². The number of nitrogens with zero attached hydrogens (tertiary/aromatic N) is 4. The van der Waals surface area contributed by atoms with E-state index in [4.69, 9.17) is 0 Å². The minimum atomic E-state index is 0.614. The predicted molar refractivity (Wildman–Crippen MR) is 90.9 cm³/mol. The second-order valence-electron chi connectivity index (χ2n) is 6.13. The third kappa shape index (κ3) is 5.02. The van der Waals surface area contributed by atoms with Crippen LogP contribution in [0.25, 0.3) is 0 Å². The number of nitrogens with one attached hydrogen (secondary N) is 2. The molecule has 0 spiro atoms. The van der Waals surface area contributed by atoms with Gasteiger partial charge < -0.3 is 10.6 Å². The quantitative estimate of drug-likeness (QED) is 0.562. The molecule has 0 aromatic carbocycles. The number of aryl methyl sites for hydroxylation is 1. The molecule has 1 aromatic heterocycles. The average molecular weight is 306 g/mol. The highest BCUT2D eigenvalue weighted by Gasteiger charge is 2.30. The maximum Gasteiger partial charge on any atom is 0.191 e. The Hall–Kier alpha value is -1.56. The van der Waals surface area contributed by atoms with E-state index >= 15 is 0 Å². The van der Waals surface area contributed by atoms with Gasteiger partial charge in [0.2, 0.25) is 0 Å². The Balaban J connectivity index is 1.81. The van der Waals surface area contributed by atoms with Gasteiger partial charge in [0.1, 0.15) is 0 Å². The summed E-state index contributed by atoms with van der Waals surface area (Å²) in [5, 5.41) is 10.9. The number of guanidine groups is 1. The van der Waals surface area contributed by atoms with Gasteiger partial charge in [0, 0.05) is 45.0 Å². The van der Waals surface area contributed by atoms with Crippen molar-refractivity contribution in [3.05, 3.63) is 18.0 Å². The standard InChI is InChI=1S/C16H30N6/c1-5-17-16(19-12-15-8-9-20-21(15)4)18-10-11-22(13(2)3)14-6-7-14/h8-9,13-14H,5-7,10-12H2,1-4H3,(H2,17,18,19). The number of aromatic nitrogens is 2. The Morgan fingerprint density at radius 1 is 1.45 bits per heavy atom. The fourth-order valence-corrected chi connectivity index (χ4v) is 2.63. The lowest BCUT2D eigenvalue weighted by Crippen LogP contribution is -2.43. The molecule has 0 saturated heterocycles. The summed E-state index contributed by atoms with van der Waals surface area (Å²) < 4.78 is 1.86. The molecule has 124 valence electrons. The number of rotatable bonds is 8. The fraction of sp³-hybridized carbons (Fsp3) is 0.750. The molecule has 1 fully saturated rings. The monoisotopic (exact) mass is 306 g/mol. The van der Waals surface area contributed by atoms with Gasteiger partial charge >= 0.3 is 0 Å². The molecule has 0 unspecified atom stereocenters. The van der Waals surface area contributed by atoms with Crippen molar-refractivity contribution >= 4 is 5.96 Å². The molecule has 2 rings (SSSR count). The Bertz CT molecular complexity index is 473. The summed E-state index contributed by atoms with van der Waals surface area (Å²) in [4.78, 5) is 7.22. The van der Waals surface area contributed by atoms with Crippen molar-refractivity contribution in [1.29, 1.82) is 0 Å². The van der Waals surface area contributed by atoms with Gasteiger partial charge in [-0.15, -0.1) is 0 Å². The highest BCUT2D eigenvalue weighted by atomic mass is 15.3. The molecule has 1 saturated carbocycles. The maximum atomic E-state index is 4.63. The van der Waals surface area contributed by atoms with E-state index in [-0.39, 0.29) is 0 Å². The molecule has 6 heteroatoms. The zero-order chi connectivity index (χ0) is 15.9. The number of aliphatic imine (C=N–C) groups is 1. The maximum absolute atomic E-state index is 4.63. The fourth-order valence-electron chi connectivity index (χ4n) is 2.63. The molecule has 0 bridgehead atoms. The molecule has 0 atom stereocenters. The van der Waals surface area contributed by atoms with Crippen LogP contribution >= 0.6 is 0 Å². The van der Waals surface area contributed by atoms with Gasteiger partial charge in [-0.2, -0.15) is 5.10 Å². The van der Waals surface area contributed by atoms with Crippen molar-refractivity contribution in [3.8, 4) is 0 Å². The minimum Gasteiger partial charge on any atom is -0.357 e. The lowest BCUT2D eigenvalue weighted by Gasteiger charge is -2.26. The van der Waals surface area contributed by atoms with Crippen LogP contribution in [0.5, 0.6) is 0 Å². The summed E-state index contributed by atoms with van der Waals surface area (Å²) in [6.07, 6.45) is 4.51. The van der Waals surface area contributed by atoms with Crippen LogP contribution in [-0.2, 0) is 13.6 Å². The lowest BCUT2D eigenvalue weighted by atomic mass is 10.3. The Morgan fingerprint density at radius 2 is 2.23 bits per heavy atom. The van der Waals surface area contributed by atoms with Gasteiger partial charge in [0.25, 0.3) is 0 Å². The van der Waals surface area contributed by atoms with Crippen LogP contribution in [-0.4, -0.2) is 52.4 Å². The summed E-state index contributed by atoms with van der Waals surface area (Å²) in [6.45, 7) is 10.1. The zero-order valence-electron chi connectivity index (χ0n) is 14.3. The van der Waals surface area contributed by atoms with Gasteiger partial charge in [-0.25, -0.2) is 4.99 Å². The molecule has 1 heterocycles. The van der Waals surface area contributed by atoms with Crippen LogP contribution in [0.1, 0.15) is 39.3 Å². The van der Waals surface area contributed by atoms with E-state index in [1.54, 1.807) is 6.20 Å². The Morgan fingerprint density at radius 3 is 2.77 bits per heavy atom. The highest BCUT2D eigenvalue weighted by molar-refractivity contribution is 5.79. The van der Waals surface area contributed by atoms with Crippen molar-refractivity contribution in [3.63, 3.8) is 0 Å². The number of hydrogen-bond acceptors (Lipinski definition) is 3. The molecule has 0 radical (unpaired) electrons. The van der Waals surface area contributed by atoms with Crippen LogP contribution in [0.3, 0.4) is 0 Å². The second kappa shape index (κ2) is 8.17. The zero-order valence-corrected chi connectivity index (χ0v) is 14.3. The third-order valence-electron chi connectivity index (χ3n) is 4.01. The molecule has 1 aromatic rings. The van der Waals surface area contributed by atoms with E-state index in [9.17, 15) is 0 Å². The third-order valence-corrected chi connectivity index (χ3v) is 4.01. The lowest BCUT2D eigenvalue weighted by molar-refractivity contribution is 0.215. The molecular weight excluding hydrogens is 276 g/mol. The van der Waals surface area contributed by atoms with Crippen molar-refractivity contribution in [1.82, 2.24) is 25.3 Å². The van der Waals surface area contributed by atoms with Gasteiger partial charge in [-0.1, -0.05) is 0 Å². The first kappa shape index (κ1) is 16.8. The first-order chi connectivity index (χ1) is 10.6. The highest BCUT2D eigenvalue weighted by Crippen LogP contribution is 2.27. The molecule has 22 heavy (non-hydrogen) atoms. The molecule has 1 aliphatic rings. The van der Waals surface area contributed by atoms with E-state index in [0.717, 1.165) is 37.3 Å². The Kier molecular flexibility index (Phi) is 6.24. The smallest absolute Gasteiger partial charge is 0.191 e. The van der Waals surface area contributed by atoms with E-state index < -0.39 is 0 Å². The summed E-state index contributed by atoms with van der Waals surface area (Å²) in [7, 11) is 1.95. The molecule has 0 amide bonds. The molecule has 1 aliphatic carbocycles. The topological polar surface area (TPSA) is 57.5 Å². The van der Waals surface area contributed by atoms with Crippen LogP contribution in [0.2, 0.25) is 0 Å². The first-order valence-electron chi connectivity index (χ1n) is 8.36. The Labute approximate surface area is 134 Å². The van der Waals surface area contributed by atoms with Gasteiger partial charge in [0.15, 0.2) is 5.96 Å². The summed E-state index contributed by atoms with van der Waals surface area (Å²) >= 11 is 0. The van der Waals surface area contributed by atoms with E-state index in [0.29, 0.717) is 12.6 Å². The van der Waals surface area contributed by atoms with Crippen molar-refractivity contribution < 1.29 is 0 Å². The van der Waals surface area contributed by atoms with Gasteiger partial charge in [-0.3, -0.25) is 9.58 Å². The van der Waals surface area contributed by atoms with Crippen LogP contribution in [0, 0.1) is 0 Å². The minimum absolute atomic E-state index is 0.614. The van der Waals surface area contributed by atoms with E-state index in [1.807, 2.05) is 17.8 Å². The van der Waals surface area contributed by atoms with E-state index in [2.05, 4.69) is 46.4 Å². The van der Waals surface area contributed by atoms with E-state index in [1.165, 1.54) is 12.8 Å². The number of hydrogen-bond donors (Lipinski definition) is 2. The largest absolute Gasteiger partial charge is 0.357 e. The predicted octanol–water partition coefficient (Wildman–Crippen LogP) is 1.35. The van der Waals surface area contributed by atoms with Crippen molar-refractivity contribution in [2.45, 2.75) is 52.2 Å². The first-order valence-corrected chi connectivity index (χ1v) is 8.36. The summed E-state index contributed by atoms with van der Waals surface area (Å²) in [6, 6.07) is 3.42. The normalized spacial score (nSPS) is 15.6. The van der Waals surface area contributed by atoms with Crippen LogP contribution in [0.4, 0.5) is 0 Å². The van der Waals surface area contributed by atoms with Crippen LogP contribution < -0.4 is 10.6 Å². The van der Waals surface area contributed by atoms with Gasteiger partial charge in [0.05, 0.1) is 12.2 Å². The molecule has 6 nitrogen and oxygen atoms in total. The van der Waals surface area contributed by atoms with Crippen molar-refractivity contribution in [2.75, 3.05) is 19.6 Å². The molecule has 2 N–H and O–H groups in total. The molecular formula is C16H30N6. The molecule has 0 aliphatic heterocycles. The van der Waals surface area contributed by atoms with Gasteiger partial charge in [-0.05, 0) is 39.7 Å². The summed E-state index contributed by atoms with van der Waals surface area (Å²) in [5.41, 5.74) is 1.11. The van der Waals surface area contributed by atoms with Crippen LogP contribution in [0.15, 0.2) is 17.3 Å². The summed E-state index contributed by atoms with van der Waals surface area (Å²) in [5.74, 6) is 0.878.